The van der Waals surface area contributed by atoms with Crippen LogP contribution in [0.3, 0.4) is 0 Å². The van der Waals surface area contributed by atoms with Gasteiger partial charge in [0.1, 0.15) is 5.78 Å². The van der Waals surface area contributed by atoms with Crippen molar-refractivity contribution in [3.63, 3.8) is 0 Å². The van der Waals surface area contributed by atoms with Crippen molar-refractivity contribution in [1.29, 1.82) is 0 Å². The fourth-order valence-corrected chi connectivity index (χ4v) is 3.26. The molecule has 0 spiro atoms. The van der Waals surface area contributed by atoms with Crippen LogP contribution in [0.25, 0.3) is 0 Å². The molecule has 2 heteroatoms. The van der Waals surface area contributed by atoms with Crippen LogP contribution in [-0.4, -0.2) is 18.4 Å². The van der Waals surface area contributed by atoms with E-state index in [4.69, 9.17) is 0 Å². The summed E-state index contributed by atoms with van der Waals surface area (Å²) in [5, 5.41) is 3.49. The fourth-order valence-electron chi connectivity index (χ4n) is 3.26. The van der Waals surface area contributed by atoms with E-state index in [2.05, 4.69) is 12.2 Å². The SMILES string of the molecule is CCCCCCCCCCCCNC1CCCCCC1=O. The lowest BCUT2D eigenvalue weighted by molar-refractivity contribution is -0.120. The van der Waals surface area contributed by atoms with Gasteiger partial charge in [-0.3, -0.25) is 4.79 Å². The van der Waals surface area contributed by atoms with Crippen molar-refractivity contribution in [3.05, 3.63) is 0 Å². The van der Waals surface area contributed by atoms with Gasteiger partial charge in [-0.1, -0.05) is 77.6 Å². The topological polar surface area (TPSA) is 29.1 Å². The van der Waals surface area contributed by atoms with E-state index in [9.17, 15) is 4.79 Å². The first kappa shape index (κ1) is 18.7. The van der Waals surface area contributed by atoms with Crippen LogP contribution in [0.5, 0.6) is 0 Å². The largest absolute Gasteiger partial charge is 0.307 e. The second-order valence-electron chi connectivity index (χ2n) is 6.75. The summed E-state index contributed by atoms with van der Waals surface area (Å²) in [5.41, 5.74) is 0. The van der Waals surface area contributed by atoms with Gasteiger partial charge in [-0.25, -0.2) is 0 Å². The van der Waals surface area contributed by atoms with E-state index in [0.717, 1.165) is 25.8 Å². The fraction of sp³-hybridized carbons (Fsp3) is 0.947. The molecular formula is C19H37NO. The van der Waals surface area contributed by atoms with E-state index in [-0.39, 0.29) is 6.04 Å². The van der Waals surface area contributed by atoms with Crippen LogP contribution < -0.4 is 5.32 Å². The van der Waals surface area contributed by atoms with Gasteiger partial charge in [-0.05, 0) is 25.8 Å². The van der Waals surface area contributed by atoms with Crippen molar-refractivity contribution in [2.24, 2.45) is 0 Å². The highest BCUT2D eigenvalue weighted by atomic mass is 16.1. The third kappa shape index (κ3) is 10.1. The molecule has 0 heterocycles. The molecule has 1 unspecified atom stereocenters. The molecule has 0 bridgehead atoms. The maximum atomic E-state index is 11.9. The minimum absolute atomic E-state index is 0.172. The van der Waals surface area contributed by atoms with Crippen LogP contribution in [0.2, 0.25) is 0 Å². The van der Waals surface area contributed by atoms with Crippen molar-refractivity contribution >= 4 is 5.78 Å². The Morgan fingerprint density at radius 1 is 0.857 bits per heavy atom. The van der Waals surface area contributed by atoms with Gasteiger partial charge in [0.25, 0.3) is 0 Å². The zero-order valence-corrected chi connectivity index (χ0v) is 14.3. The maximum absolute atomic E-state index is 11.9. The van der Waals surface area contributed by atoms with Gasteiger partial charge in [0.05, 0.1) is 6.04 Å². The highest BCUT2D eigenvalue weighted by Crippen LogP contribution is 2.15. The first-order chi connectivity index (χ1) is 10.3. The van der Waals surface area contributed by atoms with Crippen molar-refractivity contribution in [3.8, 4) is 0 Å². The lowest BCUT2D eigenvalue weighted by Gasteiger charge is -2.14. The zero-order chi connectivity index (χ0) is 15.2. The standard InChI is InChI=1S/C19H37NO/c1-2-3-4-5-6-7-8-9-10-14-17-20-18-15-12-11-13-16-19(18)21/h18,20H,2-17H2,1H3. The van der Waals surface area contributed by atoms with Gasteiger partial charge in [0.2, 0.25) is 0 Å². The van der Waals surface area contributed by atoms with E-state index in [1.807, 2.05) is 0 Å². The minimum atomic E-state index is 0.172. The van der Waals surface area contributed by atoms with Crippen LogP contribution in [0.1, 0.15) is 103 Å². The molecule has 0 aromatic rings. The Kier molecular flexibility index (Phi) is 11.8. The van der Waals surface area contributed by atoms with Crippen molar-refractivity contribution in [2.45, 2.75) is 109 Å². The number of carbonyl (C=O) groups excluding carboxylic acids is 1. The molecule has 2 nitrogen and oxygen atoms in total. The molecule has 0 saturated heterocycles. The molecule has 0 aromatic carbocycles. The summed E-state index contributed by atoms with van der Waals surface area (Å²) < 4.78 is 0. The second-order valence-corrected chi connectivity index (χ2v) is 6.75. The third-order valence-corrected chi connectivity index (χ3v) is 4.73. The third-order valence-electron chi connectivity index (χ3n) is 4.73. The number of Topliss-reactive ketones (excluding diaryl/α,β-unsaturated/α-hetero) is 1. The molecule has 1 aliphatic carbocycles. The molecule has 1 aliphatic rings. The molecule has 0 amide bonds. The molecule has 21 heavy (non-hydrogen) atoms. The van der Waals surface area contributed by atoms with E-state index < -0.39 is 0 Å². The van der Waals surface area contributed by atoms with Crippen LogP contribution in [-0.2, 0) is 4.79 Å². The number of rotatable bonds is 12. The van der Waals surface area contributed by atoms with Crippen molar-refractivity contribution < 1.29 is 4.79 Å². The van der Waals surface area contributed by atoms with Crippen molar-refractivity contribution in [1.82, 2.24) is 5.32 Å². The summed E-state index contributed by atoms with van der Waals surface area (Å²) in [6.07, 6.45) is 19.2. The second kappa shape index (κ2) is 13.3. The Morgan fingerprint density at radius 2 is 1.48 bits per heavy atom. The summed E-state index contributed by atoms with van der Waals surface area (Å²) >= 11 is 0. The van der Waals surface area contributed by atoms with Gasteiger partial charge >= 0.3 is 0 Å². The Morgan fingerprint density at radius 3 is 2.14 bits per heavy atom. The molecular weight excluding hydrogens is 258 g/mol. The molecule has 1 N–H and O–H groups in total. The lowest BCUT2D eigenvalue weighted by atomic mass is 10.1. The summed E-state index contributed by atoms with van der Waals surface area (Å²) in [6.45, 7) is 3.31. The van der Waals surface area contributed by atoms with Crippen LogP contribution in [0.4, 0.5) is 0 Å². The van der Waals surface area contributed by atoms with E-state index >= 15 is 0 Å². The Labute approximate surface area is 132 Å². The highest BCUT2D eigenvalue weighted by Gasteiger charge is 2.19. The number of nitrogens with one attached hydrogen (secondary N) is 1. The molecule has 1 saturated carbocycles. The van der Waals surface area contributed by atoms with Gasteiger partial charge in [-0.15, -0.1) is 0 Å². The normalized spacial score (nSPS) is 19.7. The number of ketones is 1. The first-order valence-corrected chi connectivity index (χ1v) is 9.60. The lowest BCUT2D eigenvalue weighted by Crippen LogP contribution is -2.36. The predicted octanol–water partition coefficient (Wildman–Crippen LogP) is 5.40. The monoisotopic (exact) mass is 295 g/mol. The number of carbonyl (C=O) groups is 1. The summed E-state index contributed by atoms with van der Waals surface area (Å²) in [4.78, 5) is 11.9. The van der Waals surface area contributed by atoms with Gasteiger partial charge in [0, 0.05) is 6.42 Å². The van der Waals surface area contributed by atoms with Crippen LogP contribution in [0, 0.1) is 0 Å². The minimum Gasteiger partial charge on any atom is -0.307 e. The number of unbranched alkanes of at least 4 members (excludes halogenated alkanes) is 9. The predicted molar refractivity (Wildman–Crippen MR) is 91.7 cm³/mol. The number of hydrogen-bond donors (Lipinski definition) is 1. The summed E-state index contributed by atoms with van der Waals surface area (Å²) in [7, 11) is 0. The number of hydrogen-bond acceptors (Lipinski definition) is 2. The quantitative estimate of drug-likeness (QED) is 0.386. The highest BCUT2D eigenvalue weighted by molar-refractivity contribution is 5.84. The molecule has 0 aromatic heterocycles. The average Bonchev–Trinajstić information content (AvgIpc) is 2.69. The molecule has 124 valence electrons. The summed E-state index contributed by atoms with van der Waals surface area (Å²) in [6, 6.07) is 0.172. The van der Waals surface area contributed by atoms with Crippen molar-refractivity contribution in [2.75, 3.05) is 6.54 Å². The molecule has 1 rings (SSSR count). The molecule has 1 atom stereocenters. The Hall–Kier alpha value is -0.370. The van der Waals surface area contributed by atoms with E-state index in [0.29, 0.717) is 5.78 Å². The van der Waals surface area contributed by atoms with Gasteiger partial charge in [-0.2, -0.15) is 0 Å². The van der Waals surface area contributed by atoms with Crippen LogP contribution >= 0.6 is 0 Å². The van der Waals surface area contributed by atoms with Gasteiger partial charge < -0.3 is 5.32 Å². The smallest absolute Gasteiger partial charge is 0.149 e. The average molecular weight is 296 g/mol. The zero-order valence-electron chi connectivity index (χ0n) is 14.3. The summed E-state index contributed by atoms with van der Waals surface area (Å²) in [5.74, 6) is 0.458. The van der Waals surface area contributed by atoms with E-state index in [1.165, 1.54) is 77.0 Å². The molecule has 1 fully saturated rings. The van der Waals surface area contributed by atoms with Crippen LogP contribution in [0.15, 0.2) is 0 Å². The Bertz CT molecular complexity index is 252. The molecule has 0 radical (unpaired) electrons. The maximum Gasteiger partial charge on any atom is 0.149 e. The van der Waals surface area contributed by atoms with E-state index in [1.54, 1.807) is 0 Å². The van der Waals surface area contributed by atoms with Gasteiger partial charge in [0.15, 0.2) is 0 Å². The first-order valence-electron chi connectivity index (χ1n) is 9.60. The molecule has 0 aliphatic heterocycles. The Balaban J connectivity index is 1.84.